The second kappa shape index (κ2) is 9.98. The molecule has 3 rings (SSSR count). The topological polar surface area (TPSA) is 69.2 Å². The lowest BCUT2D eigenvalue weighted by molar-refractivity contribution is 0.0504. The van der Waals surface area contributed by atoms with Crippen LogP contribution in [-0.4, -0.2) is 73.3 Å². The summed E-state index contributed by atoms with van der Waals surface area (Å²) in [5, 5.41) is 6.46. The van der Waals surface area contributed by atoms with Gasteiger partial charge in [0.15, 0.2) is 5.96 Å². The monoisotopic (exact) mass is 413 g/mol. The lowest BCUT2D eigenvalue weighted by atomic mass is 10.1. The molecule has 2 atom stereocenters. The fourth-order valence-electron chi connectivity index (χ4n) is 3.94. The van der Waals surface area contributed by atoms with Crippen LogP contribution in [0.2, 0.25) is 0 Å². The molecule has 1 aromatic rings. The molecule has 1 amide bonds. The SMILES string of the molecule is CN=C(NCC(NC(=O)OC(C)(C)C)c1ccccc1)N1CCC(N2CC=CC2)C1. The van der Waals surface area contributed by atoms with E-state index in [9.17, 15) is 4.79 Å². The second-order valence-electron chi connectivity index (χ2n) is 8.85. The molecule has 1 saturated heterocycles. The van der Waals surface area contributed by atoms with Crippen molar-refractivity contribution in [3.05, 3.63) is 48.0 Å². The Bertz CT molecular complexity index is 749. The number of guanidine groups is 1. The molecular formula is C23H35N5O2. The highest BCUT2D eigenvalue weighted by Crippen LogP contribution is 2.19. The molecule has 0 saturated carbocycles. The van der Waals surface area contributed by atoms with Gasteiger partial charge in [-0.05, 0) is 32.8 Å². The summed E-state index contributed by atoms with van der Waals surface area (Å²) in [6.07, 6.45) is 5.20. The molecular weight excluding hydrogens is 378 g/mol. The van der Waals surface area contributed by atoms with E-state index in [-0.39, 0.29) is 6.04 Å². The number of carbonyl (C=O) groups is 1. The molecule has 7 heteroatoms. The predicted octanol–water partition coefficient (Wildman–Crippen LogP) is 2.77. The molecule has 30 heavy (non-hydrogen) atoms. The number of nitrogens with zero attached hydrogens (tertiary/aromatic N) is 3. The number of likely N-dealkylation sites (tertiary alicyclic amines) is 1. The maximum atomic E-state index is 12.4. The van der Waals surface area contributed by atoms with Gasteiger partial charge < -0.3 is 20.3 Å². The number of hydrogen-bond donors (Lipinski definition) is 2. The zero-order valence-electron chi connectivity index (χ0n) is 18.6. The molecule has 0 bridgehead atoms. The Kier molecular flexibility index (Phi) is 7.37. The Labute approximate surface area is 180 Å². The minimum absolute atomic E-state index is 0.223. The summed E-state index contributed by atoms with van der Waals surface area (Å²) < 4.78 is 5.46. The first-order valence-electron chi connectivity index (χ1n) is 10.7. The predicted molar refractivity (Wildman–Crippen MR) is 121 cm³/mol. The van der Waals surface area contributed by atoms with Crippen LogP contribution >= 0.6 is 0 Å². The average Bonchev–Trinajstić information content (AvgIpc) is 3.39. The van der Waals surface area contributed by atoms with Crippen molar-refractivity contribution >= 4 is 12.1 Å². The zero-order chi connectivity index (χ0) is 21.6. The molecule has 0 spiro atoms. The fourth-order valence-corrected chi connectivity index (χ4v) is 3.94. The second-order valence-corrected chi connectivity index (χ2v) is 8.85. The number of nitrogens with one attached hydrogen (secondary N) is 2. The van der Waals surface area contributed by atoms with E-state index in [4.69, 9.17) is 4.74 Å². The Morgan fingerprint density at radius 3 is 2.57 bits per heavy atom. The van der Waals surface area contributed by atoms with Gasteiger partial charge in [0.2, 0.25) is 0 Å². The molecule has 7 nitrogen and oxygen atoms in total. The largest absolute Gasteiger partial charge is 0.444 e. The Morgan fingerprint density at radius 1 is 1.23 bits per heavy atom. The fraction of sp³-hybridized carbons (Fsp3) is 0.565. The number of ether oxygens (including phenoxy) is 1. The highest BCUT2D eigenvalue weighted by Gasteiger charge is 2.30. The molecule has 0 aromatic heterocycles. The van der Waals surface area contributed by atoms with Gasteiger partial charge in [-0.3, -0.25) is 9.89 Å². The van der Waals surface area contributed by atoms with Gasteiger partial charge in [0, 0.05) is 45.8 Å². The molecule has 2 N–H and O–H groups in total. The van der Waals surface area contributed by atoms with Gasteiger partial charge in [-0.15, -0.1) is 0 Å². The molecule has 2 heterocycles. The van der Waals surface area contributed by atoms with Crippen LogP contribution < -0.4 is 10.6 Å². The number of rotatable bonds is 5. The van der Waals surface area contributed by atoms with Gasteiger partial charge in [-0.25, -0.2) is 4.79 Å². The third-order valence-corrected chi connectivity index (χ3v) is 5.39. The summed E-state index contributed by atoms with van der Waals surface area (Å²) in [6.45, 7) is 10.2. The molecule has 1 aromatic carbocycles. The minimum Gasteiger partial charge on any atom is -0.444 e. The van der Waals surface area contributed by atoms with Gasteiger partial charge in [0.1, 0.15) is 5.60 Å². The highest BCUT2D eigenvalue weighted by molar-refractivity contribution is 5.80. The maximum absolute atomic E-state index is 12.4. The van der Waals surface area contributed by atoms with Crippen LogP contribution in [0.3, 0.4) is 0 Å². The standard InChI is InChI=1S/C23H35N5O2/c1-23(2,3)30-22(29)26-20(18-10-6-5-7-11-18)16-25-21(24-4)28-15-12-19(17-28)27-13-8-9-14-27/h5-11,19-20H,12-17H2,1-4H3,(H,24,25)(H,26,29). The Morgan fingerprint density at radius 2 is 1.93 bits per heavy atom. The van der Waals surface area contributed by atoms with E-state index in [2.05, 4.69) is 37.6 Å². The third-order valence-electron chi connectivity index (χ3n) is 5.39. The van der Waals surface area contributed by atoms with Crippen LogP contribution in [-0.2, 0) is 4.74 Å². The number of aliphatic imine (C=N–C) groups is 1. The first-order valence-corrected chi connectivity index (χ1v) is 10.7. The highest BCUT2D eigenvalue weighted by atomic mass is 16.6. The van der Waals surface area contributed by atoms with Gasteiger partial charge in [-0.2, -0.15) is 0 Å². The van der Waals surface area contributed by atoms with Crippen molar-refractivity contribution in [3.8, 4) is 0 Å². The average molecular weight is 414 g/mol. The maximum Gasteiger partial charge on any atom is 0.408 e. The van der Waals surface area contributed by atoms with Gasteiger partial charge >= 0.3 is 6.09 Å². The summed E-state index contributed by atoms with van der Waals surface area (Å²) >= 11 is 0. The normalized spacial score (nSPS) is 21.0. The van der Waals surface area contributed by atoms with Crippen molar-refractivity contribution in [3.63, 3.8) is 0 Å². The van der Waals surface area contributed by atoms with E-state index in [0.717, 1.165) is 44.1 Å². The lowest BCUT2D eigenvalue weighted by Crippen LogP contribution is -2.46. The number of amides is 1. The van der Waals surface area contributed by atoms with E-state index in [1.54, 1.807) is 0 Å². The smallest absolute Gasteiger partial charge is 0.408 e. The van der Waals surface area contributed by atoms with Crippen molar-refractivity contribution in [1.29, 1.82) is 0 Å². The van der Waals surface area contributed by atoms with Crippen molar-refractivity contribution in [2.24, 2.45) is 4.99 Å². The van der Waals surface area contributed by atoms with Gasteiger partial charge in [0.05, 0.1) is 6.04 Å². The molecule has 2 aliphatic rings. The van der Waals surface area contributed by atoms with E-state index in [1.165, 1.54) is 0 Å². The van der Waals surface area contributed by atoms with E-state index >= 15 is 0 Å². The van der Waals surface area contributed by atoms with Gasteiger partial charge in [-0.1, -0.05) is 42.5 Å². The molecule has 2 aliphatic heterocycles. The number of hydrogen-bond acceptors (Lipinski definition) is 4. The van der Waals surface area contributed by atoms with Crippen molar-refractivity contribution < 1.29 is 9.53 Å². The van der Waals surface area contributed by atoms with Crippen LogP contribution in [0.15, 0.2) is 47.5 Å². The van der Waals surface area contributed by atoms with E-state index < -0.39 is 11.7 Å². The summed E-state index contributed by atoms with van der Waals surface area (Å²) in [5.74, 6) is 0.872. The molecule has 2 unspecified atom stereocenters. The van der Waals surface area contributed by atoms with Crippen LogP contribution in [0.5, 0.6) is 0 Å². The first-order chi connectivity index (χ1) is 14.4. The quantitative estimate of drug-likeness (QED) is 0.441. The van der Waals surface area contributed by atoms with Crippen LogP contribution in [0.1, 0.15) is 38.8 Å². The summed E-state index contributed by atoms with van der Waals surface area (Å²) in [6, 6.07) is 10.3. The van der Waals surface area contributed by atoms with E-state index in [1.807, 2.05) is 58.2 Å². The summed E-state index contributed by atoms with van der Waals surface area (Å²) in [5.41, 5.74) is 0.484. The molecule has 0 radical (unpaired) electrons. The lowest BCUT2D eigenvalue weighted by Gasteiger charge is -2.28. The summed E-state index contributed by atoms with van der Waals surface area (Å²) in [4.78, 5) is 21.7. The zero-order valence-corrected chi connectivity index (χ0v) is 18.6. The Hall–Kier alpha value is -2.54. The summed E-state index contributed by atoms with van der Waals surface area (Å²) in [7, 11) is 1.81. The van der Waals surface area contributed by atoms with Crippen molar-refractivity contribution in [2.75, 3.05) is 39.8 Å². The third kappa shape index (κ3) is 6.23. The number of benzene rings is 1. The van der Waals surface area contributed by atoms with Crippen molar-refractivity contribution in [2.45, 2.75) is 44.9 Å². The van der Waals surface area contributed by atoms with Crippen molar-refractivity contribution in [1.82, 2.24) is 20.4 Å². The van der Waals surface area contributed by atoms with E-state index in [0.29, 0.717) is 12.6 Å². The van der Waals surface area contributed by atoms with Crippen LogP contribution in [0.4, 0.5) is 4.79 Å². The minimum atomic E-state index is -0.538. The number of carbonyl (C=O) groups excluding carboxylic acids is 1. The van der Waals surface area contributed by atoms with Crippen LogP contribution in [0, 0.1) is 0 Å². The Balaban J connectivity index is 1.60. The van der Waals surface area contributed by atoms with Gasteiger partial charge in [0.25, 0.3) is 0 Å². The number of alkyl carbamates (subject to hydrolysis) is 1. The molecule has 0 aliphatic carbocycles. The molecule has 1 fully saturated rings. The van der Waals surface area contributed by atoms with Crippen LogP contribution in [0.25, 0.3) is 0 Å². The molecule has 164 valence electrons. The first kappa shape index (κ1) is 22.2.